The number of anilines is 1. The summed E-state index contributed by atoms with van der Waals surface area (Å²) in [4.78, 5) is 41.1. The molecule has 14 heteroatoms. The lowest BCUT2D eigenvalue weighted by Gasteiger charge is -2.55. The molecule has 0 radical (unpaired) electrons. The zero-order valence-corrected chi connectivity index (χ0v) is 20.8. The molecule has 6 rings (SSSR count). The first-order valence-corrected chi connectivity index (χ1v) is 12.5. The van der Waals surface area contributed by atoms with Crippen LogP contribution >= 0.6 is 11.3 Å². The highest BCUT2D eigenvalue weighted by molar-refractivity contribution is 7.15. The number of nitrogens with one attached hydrogen (secondary N) is 3. The SMILES string of the molecule is C[C@@H]1CN2c3c(cc(C#Cc4ccc(-c5nnn[nH]5)s4)c(F)c3F)CC3(C(=O)NC(=O)NC3=O)[C@H]2[C@H](C)O1. The summed E-state index contributed by atoms with van der Waals surface area (Å²) in [5.41, 5.74) is -1.85. The van der Waals surface area contributed by atoms with Gasteiger partial charge in [-0.05, 0) is 48.0 Å². The summed E-state index contributed by atoms with van der Waals surface area (Å²) in [7, 11) is 0. The van der Waals surface area contributed by atoms with Crippen molar-refractivity contribution >= 4 is 34.9 Å². The summed E-state index contributed by atoms with van der Waals surface area (Å²) in [6.45, 7) is 3.53. The number of thiophene rings is 1. The molecule has 0 bridgehead atoms. The van der Waals surface area contributed by atoms with Gasteiger partial charge in [0, 0.05) is 13.0 Å². The summed E-state index contributed by atoms with van der Waals surface area (Å²) in [6, 6.07) is 2.89. The van der Waals surface area contributed by atoms with Gasteiger partial charge in [0.05, 0.1) is 39.3 Å². The number of fused-ring (bicyclic) bond motifs is 4. The van der Waals surface area contributed by atoms with Gasteiger partial charge < -0.3 is 9.64 Å². The third-order valence-corrected chi connectivity index (χ3v) is 7.98. The molecule has 38 heavy (non-hydrogen) atoms. The average molecular weight is 540 g/mol. The number of urea groups is 1. The van der Waals surface area contributed by atoms with Crippen LogP contribution in [0.4, 0.5) is 19.3 Å². The number of morpholine rings is 1. The number of aromatic amines is 1. The number of imide groups is 2. The van der Waals surface area contributed by atoms with Crippen LogP contribution in [0.25, 0.3) is 10.7 Å². The normalized spacial score (nSPS) is 23.7. The smallest absolute Gasteiger partial charge is 0.328 e. The van der Waals surface area contributed by atoms with E-state index < -0.39 is 53.1 Å². The van der Waals surface area contributed by atoms with Gasteiger partial charge in [0.1, 0.15) is 0 Å². The zero-order chi connectivity index (χ0) is 26.8. The maximum absolute atomic E-state index is 15.7. The molecule has 3 N–H and O–H groups in total. The molecule has 5 heterocycles. The number of carbonyl (C=O) groups excluding carboxylic acids is 3. The average Bonchev–Trinajstić information content (AvgIpc) is 3.55. The van der Waals surface area contributed by atoms with E-state index in [1.165, 1.54) is 22.3 Å². The third-order valence-electron chi connectivity index (χ3n) is 6.97. The Morgan fingerprint density at radius 2 is 1.89 bits per heavy atom. The van der Waals surface area contributed by atoms with Crippen molar-refractivity contribution in [2.45, 2.75) is 38.5 Å². The highest BCUT2D eigenvalue weighted by atomic mass is 32.1. The van der Waals surface area contributed by atoms with E-state index in [0.717, 1.165) is 0 Å². The lowest BCUT2D eigenvalue weighted by Crippen LogP contribution is -2.75. The zero-order valence-electron chi connectivity index (χ0n) is 20.0. The second-order valence-electron chi connectivity index (χ2n) is 9.36. The van der Waals surface area contributed by atoms with Crippen molar-refractivity contribution in [1.82, 2.24) is 31.3 Å². The molecular weight excluding hydrogens is 520 g/mol. The summed E-state index contributed by atoms with van der Waals surface area (Å²) >= 11 is 1.26. The van der Waals surface area contributed by atoms with Crippen molar-refractivity contribution in [2.75, 3.05) is 11.4 Å². The number of nitrogens with zero attached hydrogens (tertiary/aromatic N) is 4. The molecule has 0 aliphatic carbocycles. The Morgan fingerprint density at radius 1 is 1.13 bits per heavy atom. The van der Waals surface area contributed by atoms with E-state index in [-0.39, 0.29) is 29.8 Å². The number of H-pyrrole nitrogens is 1. The largest absolute Gasteiger partial charge is 0.372 e. The van der Waals surface area contributed by atoms with Crippen molar-refractivity contribution in [3.05, 3.63) is 45.8 Å². The van der Waals surface area contributed by atoms with Crippen LogP contribution in [0, 0.1) is 28.9 Å². The molecule has 3 aliphatic heterocycles. The highest BCUT2D eigenvalue weighted by Gasteiger charge is 2.63. The summed E-state index contributed by atoms with van der Waals surface area (Å²) in [5, 5.41) is 17.8. The van der Waals surface area contributed by atoms with Crippen LogP contribution in [0.2, 0.25) is 0 Å². The number of aromatic nitrogens is 4. The molecule has 3 atom stereocenters. The first kappa shape index (κ1) is 24.1. The fourth-order valence-electron chi connectivity index (χ4n) is 5.55. The van der Waals surface area contributed by atoms with Crippen LogP contribution in [-0.4, -0.2) is 63.3 Å². The first-order valence-electron chi connectivity index (χ1n) is 11.6. The Bertz CT molecular complexity index is 1540. The topological polar surface area (TPSA) is 142 Å². The summed E-state index contributed by atoms with van der Waals surface area (Å²) in [6.07, 6.45) is -1.37. The maximum atomic E-state index is 15.7. The van der Waals surface area contributed by atoms with Crippen molar-refractivity contribution in [1.29, 1.82) is 0 Å². The van der Waals surface area contributed by atoms with Gasteiger partial charge in [-0.3, -0.25) is 20.2 Å². The van der Waals surface area contributed by atoms with Gasteiger partial charge in [0.25, 0.3) is 0 Å². The number of amides is 4. The number of tetrazole rings is 1. The second kappa shape index (κ2) is 8.67. The number of hydrogen-bond donors (Lipinski definition) is 3. The lowest BCUT2D eigenvalue weighted by atomic mass is 9.66. The van der Waals surface area contributed by atoms with E-state index in [4.69, 9.17) is 4.74 Å². The van der Waals surface area contributed by atoms with Gasteiger partial charge in [-0.2, -0.15) is 0 Å². The second-order valence-corrected chi connectivity index (χ2v) is 10.4. The van der Waals surface area contributed by atoms with E-state index in [9.17, 15) is 14.4 Å². The first-order chi connectivity index (χ1) is 18.2. The predicted octanol–water partition coefficient (Wildman–Crippen LogP) is 1.50. The molecular formula is C24H19F2N7O4S. The van der Waals surface area contributed by atoms with Crippen LogP contribution in [0.5, 0.6) is 0 Å². The quantitative estimate of drug-likeness (QED) is 0.312. The van der Waals surface area contributed by atoms with Gasteiger partial charge in [-0.15, -0.1) is 16.4 Å². The Morgan fingerprint density at radius 3 is 2.61 bits per heavy atom. The number of carbonyl (C=O) groups is 3. The third kappa shape index (κ3) is 3.57. The minimum absolute atomic E-state index is 0.0422. The Balaban J connectivity index is 1.45. The molecule has 3 aromatic rings. The molecule has 2 aromatic heterocycles. The van der Waals surface area contributed by atoms with Crippen molar-refractivity contribution in [3.8, 4) is 22.5 Å². The highest BCUT2D eigenvalue weighted by Crippen LogP contribution is 2.48. The van der Waals surface area contributed by atoms with Gasteiger partial charge >= 0.3 is 6.03 Å². The Hall–Kier alpha value is -4.22. The van der Waals surface area contributed by atoms with E-state index in [1.54, 1.807) is 26.0 Å². The molecule has 2 saturated heterocycles. The van der Waals surface area contributed by atoms with E-state index in [2.05, 4.69) is 43.1 Å². The number of benzene rings is 1. The van der Waals surface area contributed by atoms with Gasteiger partial charge in [0.2, 0.25) is 11.8 Å². The van der Waals surface area contributed by atoms with E-state index in [0.29, 0.717) is 15.6 Å². The molecule has 11 nitrogen and oxygen atoms in total. The molecule has 4 amide bonds. The molecule has 2 fully saturated rings. The van der Waals surface area contributed by atoms with Crippen LogP contribution in [0.15, 0.2) is 18.2 Å². The summed E-state index contributed by atoms with van der Waals surface area (Å²) < 4.78 is 36.9. The predicted molar refractivity (Wildman–Crippen MR) is 129 cm³/mol. The standard InChI is InChI=1S/C24H19F2N7O4S/c1-10-9-33-18-13(8-24(19(33)11(2)37-10)21(34)27-23(36)28-22(24)35)7-12(16(25)17(18)26)3-4-14-5-6-15(38-14)20-29-31-32-30-20/h5-7,10-11,19H,8-9H2,1-2H3,(H,29,30,31,32)(H2,27,28,34,35,36)/t10-,11+,19-/m1/s1. The van der Waals surface area contributed by atoms with Gasteiger partial charge in [0.15, 0.2) is 22.9 Å². The fourth-order valence-corrected chi connectivity index (χ4v) is 6.35. The fraction of sp³-hybridized carbons (Fsp3) is 0.333. The monoisotopic (exact) mass is 539 g/mol. The van der Waals surface area contributed by atoms with E-state index in [1.807, 2.05) is 0 Å². The number of ether oxygens (including phenoxy) is 1. The Kier molecular flexibility index (Phi) is 5.51. The maximum Gasteiger partial charge on any atom is 0.328 e. The van der Waals surface area contributed by atoms with E-state index >= 15 is 8.78 Å². The van der Waals surface area contributed by atoms with Crippen molar-refractivity contribution in [2.24, 2.45) is 5.41 Å². The molecule has 0 unspecified atom stereocenters. The Labute approximate surface area is 217 Å². The van der Waals surface area contributed by atoms with Crippen LogP contribution in [0.3, 0.4) is 0 Å². The van der Waals surface area contributed by atoms with Gasteiger partial charge in [-0.1, -0.05) is 11.8 Å². The number of barbiturate groups is 1. The lowest BCUT2D eigenvalue weighted by molar-refractivity contribution is -0.153. The van der Waals surface area contributed by atoms with Crippen LogP contribution < -0.4 is 15.5 Å². The number of rotatable bonds is 1. The van der Waals surface area contributed by atoms with Crippen molar-refractivity contribution in [3.63, 3.8) is 0 Å². The summed E-state index contributed by atoms with van der Waals surface area (Å²) in [5.74, 6) is 2.05. The minimum atomic E-state index is -1.80. The minimum Gasteiger partial charge on any atom is -0.372 e. The molecule has 3 aliphatic rings. The van der Waals surface area contributed by atoms with Crippen LogP contribution in [-0.2, 0) is 20.7 Å². The van der Waals surface area contributed by atoms with Crippen molar-refractivity contribution < 1.29 is 27.9 Å². The number of hydrogen-bond acceptors (Lipinski definition) is 9. The number of halogens is 2. The molecule has 1 aromatic carbocycles. The molecule has 194 valence electrons. The molecule has 0 saturated carbocycles. The molecule has 1 spiro atoms. The van der Waals surface area contributed by atoms with Gasteiger partial charge in [-0.25, -0.2) is 18.7 Å². The van der Waals surface area contributed by atoms with Crippen LogP contribution in [0.1, 0.15) is 29.9 Å².